The summed E-state index contributed by atoms with van der Waals surface area (Å²) in [7, 11) is 1.83. The highest BCUT2D eigenvalue weighted by Gasteiger charge is 2.33. The number of aromatic nitrogens is 1. The molecule has 2 rings (SSSR count). The van der Waals surface area contributed by atoms with E-state index in [1.54, 1.807) is 0 Å². The summed E-state index contributed by atoms with van der Waals surface area (Å²) in [4.78, 5) is 5.26. The summed E-state index contributed by atoms with van der Waals surface area (Å²) >= 11 is 0. The highest BCUT2D eigenvalue weighted by atomic mass is 19.3. The zero-order valence-corrected chi connectivity index (χ0v) is 11.7. The van der Waals surface area contributed by atoms with Crippen molar-refractivity contribution in [3.8, 4) is 0 Å². The van der Waals surface area contributed by atoms with Gasteiger partial charge < -0.3 is 21.1 Å². The fourth-order valence-corrected chi connectivity index (χ4v) is 2.03. The number of nitrogen functional groups attached to an aromatic ring is 1. The van der Waals surface area contributed by atoms with Crippen LogP contribution in [0.2, 0.25) is 0 Å². The second-order valence-corrected chi connectivity index (χ2v) is 4.87. The molecule has 0 aromatic carbocycles. The van der Waals surface area contributed by atoms with Gasteiger partial charge in [0.25, 0.3) is 6.43 Å². The van der Waals surface area contributed by atoms with Gasteiger partial charge in [0, 0.05) is 6.54 Å². The molecule has 0 spiro atoms. The van der Waals surface area contributed by atoms with Crippen LogP contribution in [0.4, 0.5) is 14.6 Å². The van der Waals surface area contributed by atoms with Crippen LogP contribution >= 0.6 is 0 Å². The molecule has 5 N–H and O–H groups in total. The fraction of sp³-hybridized carbons (Fsp3) is 0.615. The number of hydrogen-bond acceptors (Lipinski definition) is 6. The number of halogens is 2. The van der Waals surface area contributed by atoms with Crippen molar-refractivity contribution in [2.75, 3.05) is 25.9 Å². The van der Waals surface area contributed by atoms with Crippen molar-refractivity contribution in [3.63, 3.8) is 0 Å². The summed E-state index contributed by atoms with van der Waals surface area (Å²) in [6.07, 6.45) is -3.45. The average molecular weight is 305 g/mol. The second kappa shape index (κ2) is 8.18. The third-order valence-electron chi connectivity index (χ3n) is 3.33. The Balaban J connectivity index is 0.000000211. The Morgan fingerprint density at radius 2 is 2.10 bits per heavy atom. The van der Waals surface area contributed by atoms with Gasteiger partial charge in [-0.3, -0.25) is 4.90 Å². The van der Waals surface area contributed by atoms with Gasteiger partial charge in [0.15, 0.2) is 0 Å². The molecule has 1 fully saturated rings. The third kappa shape index (κ3) is 5.16. The average Bonchev–Trinajstić information content (AvgIpc) is 2.44. The van der Waals surface area contributed by atoms with Crippen molar-refractivity contribution >= 4 is 5.82 Å². The first kappa shape index (κ1) is 17.7. The predicted octanol–water partition coefficient (Wildman–Crippen LogP) is 0.00600. The van der Waals surface area contributed by atoms with Crippen LogP contribution in [0.5, 0.6) is 0 Å². The quantitative estimate of drug-likeness (QED) is 0.614. The molecule has 0 radical (unpaired) electrons. The standard InChI is InChI=1S/C7H15NO3.C6H6F2N2/c1-8-3-2-6(10)7(11)5(8)4-9;7-6(8)4-2-1-3-5(9)10-4/h5-7,9-11H,2-4H2,1H3;1-3,6H,(H2,9,10). The maximum Gasteiger partial charge on any atom is 0.280 e. The predicted molar refractivity (Wildman–Crippen MR) is 73.7 cm³/mol. The van der Waals surface area contributed by atoms with E-state index in [9.17, 15) is 19.0 Å². The van der Waals surface area contributed by atoms with Gasteiger partial charge in [0.05, 0.1) is 24.9 Å². The summed E-state index contributed by atoms with van der Waals surface area (Å²) in [6.45, 7) is 0.623. The largest absolute Gasteiger partial charge is 0.395 e. The summed E-state index contributed by atoms with van der Waals surface area (Å²) in [5.74, 6) is 0.123. The molecule has 0 aliphatic carbocycles. The molecule has 1 aromatic heterocycles. The van der Waals surface area contributed by atoms with Crippen LogP contribution in [-0.4, -0.2) is 63.7 Å². The van der Waals surface area contributed by atoms with Crippen molar-refractivity contribution < 1.29 is 24.1 Å². The van der Waals surface area contributed by atoms with Crippen molar-refractivity contribution in [1.82, 2.24) is 9.88 Å². The van der Waals surface area contributed by atoms with Crippen LogP contribution in [0.15, 0.2) is 18.2 Å². The maximum absolute atomic E-state index is 11.8. The number of alkyl halides is 2. The van der Waals surface area contributed by atoms with E-state index in [0.717, 1.165) is 6.54 Å². The number of aliphatic hydroxyl groups is 3. The lowest BCUT2D eigenvalue weighted by Gasteiger charge is -2.38. The molecule has 3 unspecified atom stereocenters. The van der Waals surface area contributed by atoms with Crippen LogP contribution in [0, 0.1) is 0 Å². The van der Waals surface area contributed by atoms with Gasteiger partial charge in [-0.2, -0.15) is 0 Å². The molecule has 21 heavy (non-hydrogen) atoms. The lowest BCUT2D eigenvalue weighted by Crippen LogP contribution is -2.54. The fourth-order valence-electron chi connectivity index (χ4n) is 2.03. The minimum Gasteiger partial charge on any atom is -0.395 e. The monoisotopic (exact) mass is 305 g/mol. The number of aliphatic hydroxyl groups excluding tert-OH is 3. The van der Waals surface area contributed by atoms with Gasteiger partial charge in [0.2, 0.25) is 0 Å². The van der Waals surface area contributed by atoms with Crippen LogP contribution < -0.4 is 5.73 Å². The Kier molecular flexibility index (Phi) is 6.90. The minimum absolute atomic E-state index is 0.102. The van der Waals surface area contributed by atoms with E-state index in [2.05, 4.69) is 4.98 Å². The molecular formula is C13H21F2N3O3. The number of hydrogen-bond donors (Lipinski definition) is 4. The normalized spacial score (nSPS) is 26.3. The van der Waals surface area contributed by atoms with Gasteiger partial charge in [-0.25, -0.2) is 13.8 Å². The first-order valence-electron chi connectivity index (χ1n) is 6.54. The van der Waals surface area contributed by atoms with Gasteiger partial charge in [-0.05, 0) is 25.6 Å². The molecule has 1 aromatic rings. The zero-order valence-electron chi connectivity index (χ0n) is 11.7. The molecule has 8 heteroatoms. The Labute approximate surface area is 121 Å². The van der Waals surface area contributed by atoms with Crippen molar-refractivity contribution in [2.24, 2.45) is 0 Å². The summed E-state index contributed by atoms with van der Waals surface area (Å²) in [6, 6.07) is 3.84. The molecule has 1 saturated heterocycles. The zero-order chi connectivity index (χ0) is 16.0. The number of rotatable bonds is 2. The van der Waals surface area contributed by atoms with E-state index in [1.807, 2.05) is 11.9 Å². The molecule has 0 amide bonds. The SMILES string of the molecule is CN1CCC(O)C(O)C1CO.Nc1cccc(C(F)F)n1. The summed E-state index contributed by atoms with van der Waals surface area (Å²) in [5.41, 5.74) is 4.87. The highest BCUT2D eigenvalue weighted by Crippen LogP contribution is 2.16. The van der Waals surface area contributed by atoms with E-state index >= 15 is 0 Å². The molecule has 0 saturated carbocycles. The van der Waals surface area contributed by atoms with Gasteiger partial charge in [-0.15, -0.1) is 0 Å². The number of likely N-dealkylation sites (N-methyl/N-ethyl adjacent to an activating group) is 1. The molecule has 1 aliphatic rings. The Bertz CT molecular complexity index is 437. The summed E-state index contributed by atoms with van der Waals surface area (Å²) in [5, 5.41) is 27.4. The lowest BCUT2D eigenvalue weighted by atomic mass is 9.97. The van der Waals surface area contributed by atoms with Gasteiger partial charge in [-0.1, -0.05) is 6.07 Å². The van der Waals surface area contributed by atoms with Gasteiger partial charge in [0.1, 0.15) is 11.5 Å². The first-order valence-corrected chi connectivity index (χ1v) is 6.54. The first-order chi connectivity index (χ1) is 9.86. The van der Waals surface area contributed by atoms with Crippen LogP contribution in [0.1, 0.15) is 18.5 Å². The van der Waals surface area contributed by atoms with Crippen molar-refractivity contribution in [3.05, 3.63) is 23.9 Å². The number of nitrogens with two attached hydrogens (primary N) is 1. The van der Waals surface area contributed by atoms with Crippen LogP contribution in [0.3, 0.4) is 0 Å². The highest BCUT2D eigenvalue weighted by molar-refractivity contribution is 5.28. The molecular weight excluding hydrogens is 284 g/mol. The van der Waals surface area contributed by atoms with Crippen LogP contribution in [0.25, 0.3) is 0 Å². The van der Waals surface area contributed by atoms with E-state index in [1.165, 1.54) is 18.2 Å². The minimum atomic E-state index is -2.54. The Morgan fingerprint density at radius 1 is 1.43 bits per heavy atom. The smallest absolute Gasteiger partial charge is 0.280 e. The molecule has 2 heterocycles. The summed E-state index contributed by atoms with van der Waals surface area (Å²) < 4.78 is 23.7. The molecule has 0 bridgehead atoms. The Hall–Kier alpha value is -1.35. The number of nitrogens with zero attached hydrogens (tertiary/aromatic N) is 2. The van der Waals surface area contributed by atoms with E-state index in [4.69, 9.17) is 10.8 Å². The van der Waals surface area contributed by atoms with E-state index in [0.29, 0.717) is 6.42 Å². The third-order valence-corrected chi connectivity index (χ3v) is 3.33. The van der Waals surface area contributed by atoms with Crippen molar-refractivity contribution in [1.29, 1.82) is 0 Å². The van der Waals surface area contributed by atoms with E-state index in [-0.39, 0.29) is 24.2 Å². The number of likely N-dealkylation sites (tertiary alicyclic amines) is 1. The van der Waals surface area contributed by atoms with Crippen molar-refractivity contribution in [2.45, 2.75) is 31.1 Å². The lowest BCUT2D eigenvalue weighted by molar-refractivity contribution is -0.0818. The Morgan fingerprint density at radius 3 is 2.52 bits per heavy atom. The second-order valence-electron chi connectivity index (χ2n) is 4.87. The molecule has 6 nitrogen and oxygen atoms in total. The van der Waals surface area contributed by atoms with Gasteiger partial charge >= 0.3 is 0 Å². The number of piperidine rings is 1. The molecule has 120 valence electrons. The maximum atomic E-state index is 11.8. The number of pyridine rings is 1. The van der Waals surface area contributed by atoms with Crippen LogP contribution in [-0.2, 0) is 0 Å². The molecule has 1 aliphatic heterocycles. The number of anilines is 1. The van der Waals surface area contributed by atoms with E-state index < -0.39 is 18.6 Å². The topological polar surface area (TPSA) is 103 Å². The molecule has 3 atom stereocenters.